The maximum Gasteiger partial charge on any atom is 0.315 e. The molecule has 1 heterocycles. The summed E-state index contributed by atoms with van der Waals surface area (Å²) in [4.78, 5) is 14.7. The lowest BCUT2D eigenvalue weighted by molar-refractivity contribution is -0.149. The molecule has 0 spiro atoms. The normalized spacial score (nSPS) is 22.3. The Morgan fingerprint density at radius 3 is 2.31 bits per heavy atom. The minimum atomic E-state index is -0.968. The Morgan fingerprint density at radius 1 is 1.12 bits per heavy atom. The van der Waals surface area contributed by atoms with Gasteiger partial charge in [-0.1, -0.05) is 60.7 Å². The first kappa shape index (κ1) is 18.2. The highest BCUT2D eigenvalue weighted by atomic mass is 16.5. The highest BCUT2D eigenvalue weighted by Crippen LogP contribution is 2.39. The van der Waals surface area contributed by atoms with Gasteiger partial charge in [0, 0.05) is 19.6 Å². The fraction of sp³-hybridized carbons (Fsp3) is 0.318. The third-order valence-electron chi connectivity index (χ3n) is 5.07. The number of hydrogen-bond donors (Lipinski definition) is 1. The lowest BCUT2D eigenvalue weighted by atomic mass is 9.71. The molecule has 3 rings (SSSR count). The zero-order valence-electron chi connectivity index (χ0n) is 15.1. The lowest BCUT2D eigenvalue weighted by Crippen LogP contribution is -2.50. The number of carboxylic acids is 1. The second kappa shape index (κ2) is 8.19. The number of likely N-dealkylation sites (tertiary alicyclic amines) is 1. The molecular formula is C22H25NO3. The molecule has 26 heavy (non-hydrogen) atoms. The number of piperidine rings is 1. The highest BCUT2D eigenvalue weighted by Gasteiger charge is 2.46. The molecule has 0 aromatic heterocycles. The molecule has 0 radical (unpaired) electrons. The molecule has 4 nitrogen and oxygen atoms in total. The Labute approximate surface area is 154 Å². The second-order valence-corrected chi connectivity index (χ2v) is 6.87. The lowest BCUT2D eigenvalue weighted by Gasteiger charge is -2.42. The van der Waals surface area contributed by atoms with Gasteiger partial charge >= 0.3 is 5.97 Å². The first-order valence-corrected chi connectivity index (χ1v) is 8.90. The van der Waals surface area contributed by atoms with Crippen molar-refractivity contribution in [3.63, 3.8) is 0 Å². The van der Waals surface area contributed by atoms with E-state index in [9.17, 15) is 9.90 Å². The summed E-state index contributed by atoms with van der Waals surface area (Å²) in [5.74, 6) is -0.789. The fourth-order valence-electron chi connectivity index (χ4n) is 3.77. The van der Waals surface area contributed by atoms with Crippen molar-refractivity contribution in [2.24, 2.45) is 5.41 Å². The van der Waals surface area contributed by atoms with Crippen molar-refractivity contribution in [1.29, 1.82) is 0 Å². The molecular weight excluding hydrogens is 326 g/mol. The van der Waals surface area contributed by atoms with E-state index in [0.29, 0.717) is 19.4 Å². The average molecular weight is 351 g/mol. The molecule has 1 fully saturated rings. The molecule has 136 valence electrons. The van der Waals surface area contributed by atoms with Gasteiger partial charge in [0.2, 0.25) is 0 Å². The van der Waals surface area contributed by atoms with Crippen LogP contribution in [0, 0.1) is 5.41 Å². The van der Waals surface area contributed by atoms with Gasteiger partial charge in [-0.2, -0.15) is 0 Å². The van der Waals surface area contributed by atoms with Gasteiger partial charge in [-0.25, -0.2) is 0 Å². The van der Waals surface area contributed by atoms with Crippen LogP contribution in [0.5, 0.6) is 0 Å². The summed E-state index contributed by atoms with van der Waals surface area (Å²) in [5.41, 5.74) is 2.12. The van der Waals surface area contributed by atoms with E-state index in [4.69, 9.17) is 4.74 Å². The SMILES string of the molecule is COC=C1CCN(Cc2ccccc2)CC1(Cc1ccccc1)C(=O)O. The fourth-order valence-corrected chi connectivity index (χ4v) is 3.77. The topological polar surface area (TPSA) is 49.8 Å². The summed E-state index contributed by atoms with van der Waals surface area (Å²) >= 11 is 0. The minimum absolute atomic E-state index is 0.462. The number of carboxylic acid groups (broad SMARTS) is 1. The molecule has 0 bridgehead atoms. The number of carbonyl (C=O) groups is 1. The van der Waals surface area contributed by atoms with Crippen LogP contribution < -0.4 is 0 Å². The largest absolute Gasteiger partial charge is 0.504 e. The van der Waals surface area contributed by atoms with Crippen LogP contribution >= 0.6 is 0 Å². The van der Waals surface area contributed by atoms with E-state index in [1.54, 1.807) is 13.4 Å². The van der Waals surface area contributed by atoms with Crippen LogP contribution in [0.15, 0.2) is 72.5 Å². The van der Waals surface area contributed by atoms with Crippen molar-refractivity contribution in [2.75, 3.05) is 20.2 Å². The predicted molar refractivity (Wildman–Crippen MR) is 102 cm³/mol. The third-order valence-corrected chi connectivity index (χ3v) is 5.07. The number of ether oxygens (including phenoxy) is 1. The third kappa shape index (κ3) is 3.97. The molecule has 0 amide bonds. The number of benzene rings is 2. The van der Waals surface area contributed by atoms with Crippen molar-refractivity contribution in [1.82, 2.24) is 4.90 Å². The molecule has 1 aliphatic rings. The molecule has 1 atom stereocenters. The zero-order valence-corrected chi connectivity index (χ0v) is 15.1. The Hall–Kier alpha value is -2.59. The van der Waals surface area contributed by atoms with Crippen molar-refractivity contribution in [2.45, 2.75) is 19.4 Å². The summed E-state index contributed by atoms with van der Waals surface area (Å²) in [6.45, 7) is 2.06. The number of hydrogen-bond acceptors (Lipinski definition) is 3. The quantitative estimate of drug-likeness (QED) is 0.806. The number of nitrogens with zero attached hydrogens (tertiary/aromatic N) is 1. The van der Waals surface area contributed by atoms with Gasteiger partial charge in [-0.05, 0) is 29.5 Å². The van der Waals surface area contributed by atoms with Gasteiger partial charge in [0.05, 0.1) is 13.4 Å². The molecule has 1 saturated heterocycles. The van der Waals surface area contributed by atoms with Crippen LogP contribution in [0.25, 0.3) is 0 Å². The zero-order chi connectivity index (χ0) is 18.4. The summed E-state index contributed by atoms with van der Waals surface area (Å²) in [6.07, 6.45) is 2.79. The predicted octanol–water partition coefficient (Wildman–Crippen LogP) is 3.74. The van der Waals surface area contributed by atoms with Crippen molar-refractivity contribution in [3.05, 3.63) is 83.6 Å². The summed E-state index contributed by atoms with van der Waals surface area (Å²) in [6, 6.07) is 20.0. The maximum atomic E-state index is 12.4. The van der Waals surface area contributed by atoms with E-state index in [1.807, 2.05) is 48.5 Å². The van der Waals surface area contributed by atoms with Crippen LogP contribution in [0.1, 0.15) is 17.5 Å². The van der Waals surface area contributed by atoms with Crippen LogP contribution in [0.2, 0.25) is 0 Å². The van der Waals surface area contributed by atoms with Gasteiger partial charge in [0.15, 0.2) is 0 Å². The van der Waals surface area contributed by atoms with Gasteiger partial charge in [-0.15, -0.1) is 0 Å². The van der Waals surface area contributed by atoms with Gasteiger partial charge in [0.25, 0.3) is 0 Å². The highest BCUT2D eigenvalue weighted by molar-refractivity contribution is 5.80. The minimum Gasteiger partial charge on any atom is -0.504 e. The number of rotatable bonds is 6. The number of methoxy groups -OCH3 is 1. The number of aliphatic carboxylic acids is 1. The smallest absolute Gasteiger partial charge is 0.315 e. The Kier molecular flexibility index (Phi) is 5.74. The molecule has 4 heteroatoms. The van der Waals surface area contributed by atoms with E-state index in [1.165, 1.54) is 5.56 Å². The summed E-state index contributed by atoms with van der Waals surface area (Å²) in [7, 11) is 1.58. The Bertz CT molecular complexity index is 757. The van der Waals surface area contributed by atoms with E-state index >= 15 is 0 Å². The molecule has 0 saturated carbocycles. The van der Waals surface area contributed by atoms with E-state index < -0.39 is 11.4 Å². The second-order valence-electron chi connectivity index (χ2n) is 6.87. The van der Waals surface area contributed by atoms with Crippen LogP contribution in [0.3, 0.4) is 0 Å². The monoisotopic (exact) mass is 351 g/mol. The van der Waals surface area contributed by atoms with Crippen LogP contribution in [-0.2, 0) is 22.5 Å². The van der Waals surface area contributed by atoms with E-state index in [-0.39, 0.29) is 0 Å². The van der Waals surface area contributed by atoms with Crippen molar-refractivity contribution < 1.29 is 14.6 Å². The molecule has 1 N–H and O–H groups in total. The van der Waals surface area contributed by atoms with E-state index in [2.05, 4.69) is 17.0 Å². The first-order chi connectivity index (χ1) is 12.6. The Balaban J connectivity index is 1.90. The van der Waals surface area contributed by atoms with E-state index in [0.717, 1.165) is 24.2 Å². The molecule has 2 aromatic carbocycles. The summed E-state index contributed by atoms with van der Waals surface area (Å²) < 4.78 is 5.23. The Morgan fingerprint density at radius 2 is 1.73 bits per heavy atom. The van der Waals surface area contributed by atoms with Crippen LogP contribution in [-0.4, -0.2) is 36.2 Å². The average Bonchev–Trinajstić information content (AvgIpc) is 2.65. The van der Waals surface area contributed by atoms with Gasteiger partial charge in [0.1, 0.15) is 5.41 Å². The van der Waals surface area contributed by atoms with Crippen molar-refractivity contribution in [3.8, 4) is 0 Å². The van der Waals surface area contributed by atoms with Gasteiger partial charge < -0.3 is 9.84 Å². The first-order valence-electron chi connectivity index (χ1n) is 8.90. The van der Waals surface area contributed by atoms with Crippen LogP contribution in [0.4, 0.5) is 0 Å². The molecule has 0 aliphatic carbocycles. The molecule has 2 aromatic rings. The standard InChI is InChI=1S/C22H25NO3/c1-26-16-20-12-13-23(15-19-10-6-3-7-11-19)17-22(20,21(24)25)14-18-8-4-2-5-9-18/h2-11,16H,12-15,17H2,1H3,(H,24,25). The molecule has 1 unspecified atom stereocenters. The van der Waals surface area contributed by atoms with Gasteiger partial charge in [-0.3, -0.25) is 9.69 Å². The van der Waals surface area contributed by atoms with Crippen molar-refractivity contribution >= 4 is 5.97 Å². The maximum absolute atomic E-state index is 12.4. The summed E-state index contributed by atoms with van der Waals surface area (Å²) in [5, 5.41) is 10.2. The molecule has 1 aliphatic heterocycles.